The quantitative estimate of drug-likeness (QED) is 0.214. The van der Waals surface area contributed by atoms with E-state index in [9.17, 15) is 27.6 Å². The molecule has 1 aliphatic heterocycles. The van der Waals surface area contributed by atoms with Gasteiger partial charge in [-0.05, 0) is 35.0 Å². The maximum Gasteiger partial charge on any atom is 0.422 e. The van der Waals surface area contributed by atoms with Gasteiger partial charge in [0.2, 0.25) is 11.7 Å². The number of benzene rings is 2. The molecule has 2 N–H and O–H groups in total. The van der Waals surface area contributed by atoms with Crippen molar-refractivity contribution in [2.45, 2.75) is 25.4 Å². The SMILES string of the molecule is Cn1nnc(-c2cccc(C(=O)N[C@@H](CNC(=O)OCc3ccccc3)CN3CCn4c(cc5c(OCC(F)(F)F)nccc54)C3=O)c2)n1. The lowest BCUT2D eigenvalue weighted by Crippen LogP contribution is -2.53. The fraction of sp³-hybridized carbons (Fsp3) is 0.281. The second-order valence-corrected chi connectivity index (χ2v) is 11.2. The van der Waals surface area contributed by atoms with Crippen molar-refractivity contribution < 1.29 is 37.0 Å². The summed E-state index contributed by atoms with van der Waals surface area (Å²) in [4.78, 5) is 46.5. The number of aryl methyl sites for hydroxylation is 1. The number of carbonyl (C=O) groups excluding carboxylic acids is 3. The van der Waals surface area contributed by atoms with Gasteiger partial charge in [0, 0.05) is 43.5 Å². The maximum absolute atomic E-state index is 13.7. The number of hydrogen-bond acceptors (Lipinski definition) is 9. The van der Waals surface area contributed by atoms with E-state index < -0.39 is 36.7 Å². The first-order chi connectivity index (χ1) is 23.5. The Labute approximate surface area is 276 Å². The molecule has 1 atom stereocenters. The predicted molar refractivity (Wildman–Crippen MR) is 167 cm³/mol. The number of pyridine rings is 1. The van der Waals surface area contributed by atoms with Crippen LogP contribution >= 0.6 is 0 Å². The smallest absolute Gasteiger partial charge is 0.422 e. The minimum Gasteiger partial charge on any atom is -0.468 e. The summed E-state index contributed by atoms with van der Waals surface area (Å²) in [6.07, 6.45) is -3.96. The molecule has 0 radical (unpaired) electrons. The van der Waals surface area contributed by atoms with Gasteiger partial charge in [0.05, 0.1) is 24.0 Å². The van der Waals surface area contributed by atoms with E-state index in [0.29, 0.717) is 23.4 Å². The number of carbonyl (C=O) groups is 3. The van der Waals surface area contributed by atoms with Crippen LogP contribution in [0.3, 0.4) is 0 Å². The second kappa shape index (κ2) is 14.0. The van der Waals surface area contributed by atoms with Gasteiger partial charge in [-0.1, -0.05) is 42.5 Å². The first-order valence-corrected chi connectivity index (χ1v) is 15.1. The minimum atomic E-state index is -4.56. The number of amides is 3. The van der Waals surface area contributed by atoms with Crippen molar-refractivity contribution in [1.82, 2.24) is 45.3 Å². The average molecular weight is 678 g/mol. The molecular formula is C32H30F3N9O5. The first kappa shape index (κ1) is 32.9. The zero-order valence-electron chi connectivity index (χ0n) is 26.1. The van der Waals surface area contributed by atoms with Crippen LogP contribution in [-0.2, 0) is 24.9 Å². The van der Waals surface area contributed by atoms with E-state index in [4.69, 9.17) is 9.47 Å². The van der Waals surface area contributed by atoms with Crippen LogP contribution in [-0.4, -0.2) is 91.0 Å². The molecule has 5 aromatic rings. The van der Waals surface area contributed by atoms with Crippen molar-refractivity contribution in [3.8, 4) is 17.3 Å². The van der Waals surface area contributed by atoms with Crippen molar-refractivity contribution in [3.63, 3.8) is 0 Å². The Morgan fingerprint density at radius 1 is 1.04 bits per heavy atom. The fourth-order valence-electron chi connectivity index (χ4n) is 5.38. The van der Waals surface area contributed by atoms with E-state index in [2.05, 4.69) is 31.0 Å². The number of rotatable bonds is 11. The second-order valence-electron chi connectivity index (χ2n) is 11.2. The van der Waals surface area contributed by atoms with Crippen LogP contribution in [0.2, 0.25) is 0 Å². The Bertz CT molecular complexity index is 1980. The summed E-state index contributed by atoms with van der Waals surface area (Å²) in [5, 5.41) is 17.8. The molecule has 3 amide bonds. The molecule has 2 aromatic carbocycles. The Morgan fingerprint density at radius 3 is 2.61 bits per heavy atom. The highest BCUT2D eigenvalue weighted by Crippen LogP contribution is 2.30. The molecule has 4 heterocycles. The number of ether oxygens (including phenoxy) is 2. The Morgan fingerprint density at radius 2 is 1.86 bits per heavy atom. The van der Waals surface area contributed by atoms with Crippen molar-refractivity contribution in [2.24, 2.45) is 7.05 Å². The highest BCUT2D eigenvalue weighted by Gasteiger charge is 2.32. The van der Waals surface area contributed by atoms with E-state index >= 15 is 0 Å². The minimum absolute atomic E-state index is 0.00779. The van der Waals surface area contributed by atoms with Crippen LogP contribution in [0.5, 0.6) is 5.88 Å². The van der Waals surface area contributed by atoms with Gasteiger partial charge < -0.3 is 29.6 Å². The Kier molecular flexibility index (Phi) is 9.41. The lowest BCUT2D eigenvalue weighted by atomic mass is 10.1. The zero-order valence-corrected chi connectivity index (χ0v) is 26.1. The lowest BCUT2D eigenvalue weighted by molar-refractivity contribution is -0.153. The summed E-state index contributed by atoms with van der Waals surface area (Å²) in [6.45, 7) is -1.06. The summed E-state index contributed by atoms with van der Waals surface area (Å²) < 4.78 is 50.5. The lowest BCUT2D eigenvalue weighted by Gasteiger charge is -2.32. The maximum atomic E-state index is 13.7. The van der Waals surface area contributed by atoms with E-state index in [1.165, 1.54) is 22.0 Å². The van der Waals surface area contributed by atoms with Crippen LogP contribution in [0.1, 0.15) is 26.4 Å². The first-order valence-electron chi connectivity index (χ1n) is 15.1. The van der Waals surface area contributed by atoms with Crippen LogP contribution < -0.4 is 15.4 Å². The number of halogens is 3. The summed E-state index contributed by atoms with van der Waals surface area (Å²) in [7, 11) is 1.62. The molecule has 0 saturated heterocycles. The van der Waals surface area contributed by atoms with Crippen molar-refractivity contribution >= 4 is 28.8 Å². The van der Waals surface area contributed by atoms with Crippen LogP contribution in [0, 0.1) is 0 Å². The molecule has 254 valence electrons. The van der Waals surface area contributed by atoms with Crippen LogP contribution in [0.25, 0.3) is 22.3 Å². The van der Waals surface area contributed by atoms with E-state index in [1.54, 1.807) is 41.9 Å². The summed E-state index contributed by atoms with van der Waals surface area (Å²) >= 11 is 0. The number of tetrazole rings is 1. The summed E-state index contributed by atoms with van der Waals surface area (Å²) in [6, 6.07) is 18.0. The fourth-order valence-corrected chi connectivity index (χ4v) is 5.38. The van der Waals surface area contributed by atoms with Gasteiger partial charge in [0.15, 0.2) is 6.61 Å². The van der Waals surface area contributed by atoms with Crippen molar-refractivity contribution in [2.75, 3.05) is 26.2 Å². The number of nitrogens with zero attached hydrogens (tertiary/aromatic N) is 7. The molecule has 0 fully saturated rings. The van der Waals surface area contributed by atoms with Gasteiger partial charge in [-0.25, -0.2) is 9.78 Å². The molecule has 49 heavy (non-hydrogen) atoms. The van der Waals surface area contributed by atoms with Crippen LogP contribution in [0.15, 0.2) is 72.9 Å². The largest absolute Gasteiger partial charge is 0.468 e. The molecule has 0 bridgehead atoms. The highest BCUT2D eigenvalue weighted by molar-refractivity contribution is 6.01. The van der Waals surface area contributed by atoms with E-state index in [0.717, 1.165) is 5.56 Å². The summed E-state index contributed by atoms with van der Waals surface area (Å²) in [5.74, 6) is -0.816. The van der Waals surface area contributed by atoms with Crippen LogP contribution in [0.4, 0.5) is 18.0 Å². The van der Waals surface area contributed by atoms with Gasteiger partial charge in [-0.15, -0.1) is 10.2 Å². The predicted octanol–water partition coefficient (Wildman–Crippen LogP) is 3.35. The standard InChI is InChI=1S/C32H30F3N9O5/c1-42-40-27(39-41-42)21-8-5-9-22(14-21)28(45)38-23(16-37-31(47)48-18-20-6-3-2-4-7-20)17-43-12-13-44-25-10-11-36-29(49-19-32(33,34)35)24(25)15-26(44)30(43)46/h2-11,14-15,23H,12-13,16-19H2,1H3,(H,37,47)(H,38,45)/t23-/m0/s1. The number of alkyl halides is 3. The molecule has 0 unspecified atom stereocenters. The normalized spacial score (nSPS) is 13.6. The third-order valence-corrected chi connectivity index (χ3v) is 7.64. The number of fused-ring (bicyclic) bond motifs is 3. The van der Waals surface area contributed by atoms with Crippen molar-refractivity contribution in [1.29, 1.82) is 0 Å². The Hall–Kier alpha value is -6.00. The highest BCUT2D eigenvalue weighted by atomic mass is 19.4. The van der Waals surface area contributed by atoms with Gasteiger partial charge in [0.25, 0.3) is 11.8 Å². The van der Waals surface area contributed by atoms with Gasteiger partial charge in [-0.2, -0.15) is 18.0 Å². The molecule has 0 spiro atoms. The molecule has 6 rings (SSSR count). The average Bonchev–Trinajstić information content (AvgIpc) is 3.71. The van der Waals surface area contributed by atoms with Gasteiger partial charge in [0.1, 0.15) is 12.3 Å². The van der Waals surface area contributed by atoms with E-state index in [1.807, 2.05) is 30.3 Å². The van der Waals surface area contributed by atoms with Crippen molar-refractivity contribution in [3.05, 3.63) is 89.7 Å². The number of alkyl carbamates (subject to hydrolysis) is 1. The third-order valence-electron chi connectivity index (χ3n) is 7.64. The number of nitrogens with one attached hydrogen (secondary N) is 2. The van der Waals surface area contributed by atoms with Gasteiger partial charge >= 0.3 is 12.3 Å². The number of aromatic nitrogens is 6. The summed E-state index contributed by atoms with van der Waals surface area (Å²) in [5.41, 5.74) is 2.35. The molecule has 14 nitrogen and oxygen atoms in total. The zero-order chi connectivity index (χ0) is 34.5. The molecule has 1 aliphatic rings. The third kappa shape index (κ3) is 7.94. The molecular weight excluding hydrogens is 647 g/mol. The Balaban J connectivity index is 1.19. The number of hydrogen-bond donors (Lipinski definition) is 2. The molecule has 0 aliphatic carbocycles. The monoisotopic (exact) mass is 677 g/mol. The van der Waals surface area contributed by atoms with Gasteiger partial charge in [-0.3, -0.25) is 9.59 Å². The van der Waals surface area contributed by atoms with E-state index in [-0.39, 0.29) is 48.8 Å². The molecule has 0 saturated carbocycles. The molecule has 3 aromatic heterocycles. The topological polar surface area (TPSA) is 158 Å². The molecule has 17 heteroatoms.